The second-order valence-electron chi connectivity index (χ2n) is 6.18. The van der Waals surface area contributed by atoms with Crippen molar-refractivity contribution in [2.24, 2.45) is 5.73 Å². The average molecular weight is 728 g/mol. The molecule has 2 heterocycles. The molecular weight excluding hydrogens is 704 g/mol. The van der Waals surface area contributed by atoms with Crippen molar-refractivity contribution >= 4 is 29.7 Å². The second-order valence-corrected chi connectivity index (χ2v) is 6.18. The Kier molecular flexibility index (Phi) is 21.8. The molecule has 1 radical (unpaired) electrons. The Labute approximate surface area is 283 Å². The quantitative estimate of drug-likeness (QED) is 0.111. The first kappa shape index (κ1) is 35.7. The maximum absolute atomic E-state index is 7.75. The van der Waals surface area contributed by atoms with E-state index < -0.39 is 0 Å². The van der Waals surface area contributed by atoms with Crippen LogP contribution in [0.3, 0.4) is 0 Å². The number of nitrogens with one attached hydrogen (secondary N) is 1. The number of nitrogens with two attached hydrogens (primary N) is 2. The summed E-state index contributed by atoms with van der Waals surface area (Å²) in [6.07, 6.45) is 3.68. The first-order valence-corrected chi connectivity index (χ1v) is 9.33. The summed E-state index contributed by atoms with van der Waals surface area (Å²) in [7, 11) is 3.11. The summed E-state index contributed by atoms with van der Waals surface area (Å²) in [5, 5.41) is 7.31. The van der Waals surface area contributed by atoms with E-state index >= 15 is 0 Å². The SMILES string of the molecule is NCCNc1cc(-c2cccc(C3=C[N-]3)c2)ccn1.[CH-]=O.[CH2-]O[N-]c1ccc(N)cc1.[K+].[W+2].[Y]. The molecule has 0 saturated carbocycles. The molecule has 0 bridgehead atoms. The third-order valence-corrected chi connectivity index (χ3v) is 4.02. The van der Waals surface area contributed by atoms with Crippen molar-refractivity contribution in [3.8, 4) is 11.1 Å². The van der Waals surface area contributed by atoms with Crippen LogP contribution in [0.15, 0.2) is 73.1 Å². The largest absolute Gasteiger partial charge is 2.00 e. The van der Waals surface area contributed by atoms with Crippen molar-refractivity contribution in [3.63, 3.8) is 0 Å². The molecule has 0 saturated heterocycles. The standard InChI is InChI=1S/C15H15N4.C7H8N2O.CHO.K.W.Y/c16-5-7-18-15-9-12(4-6-17-15)11-2-1-3-13(8-11)14-10-19-14;1-10-9-7-4-2-6(8)3-5-7;1-2;;;/h1-4,6,8-10H,5,7,16H2,(H,17,18);2-5H,1,8H2;1H;;;/q-1;-2;-1;+1;+2;. The predicted molar refractivity (Wildman–Crippen MR) is 126 cm³/mol. The van der Waals surface area contributed by atoms with E-state index in [2.05, 4.69) is 58.0 Å². The van der Waals surface area contributed by atoms with E-state index in [1.807, 2.05) is 30.6 Å². The zero-order valence-corrected chi connectivity index (χ0v) is 27.8. The molecular formula is C23H24KN6O2WY-. The Morgan fingerprint density at radius 3 is 2.26 bits per heavy atom. The van der Waals surface area contributed by atoms with Crippen LogP contribution in [-0.4, -0.2) is 24.9 Å². The van der Waals surface area contributed by atoms with Crippen LogP contribution < -0.4 is 68.2 Å². The fourth-order valence-corrected chi connectivity index (χ4v) is 2.56. The van der Waals surface area contributed by atoms with Gasteiger partial charge in [0, 0.05) is 57.7 Å². The predicted octanol–water partition coefficient (Wildman–Crippen LogP) is 1.53. The molecule has 4 rings (SSSR count). The van der Waals surface area contributed by atoms with Crippen molar-refractivity contribution in [2.75, 3.05) is 24.1 Å². The molecule has 1 aliphatic rings. The van der Waals surface area contributed by atoms with E-state index in [0.29, 0.717) is 17.9 Å². The van der Waals surface area contributed by atoms with E-state index in [1.54, 1.807) is 24.3 Å². The molecule has 0 atom stereocenters. The zero-order valence-electron chi connectivity index (χ0n) is 18.9. The number of benzene rings is 2. The summed E-state index contributed by atoms with van der Waals surface area (Å²) in [6.45, 7) is 4.57. The molecule has 1 aromatic heterocycles. The fraction of sp³-hybridized carbons (Fsp3) is 0.0870. The molecule has 0 aliphatic carbocycles. The van der Waals surface area contributed by atoms with Gasteiger partial charge in [-0.05, 0) is 47.0 Å². The van der Waals surface area contributed by atoms with Crippen LogP contribution in [0.4, 0.5) is 17.2 Å². The monoisotopic (exact) mass is 728 g/mol. The number of hydrogen-bond donors (Lipinski definition) is 3. The van der Waals surface area contributed by atoms with E-state index in [9.17, 15) is 0 Å². The number of aromatic nitrogens is 1. The maximum atomic E-state index is 7.75. The van der Waals surface area contributed by atoms with Gasteiger partial charge in [0.05, 0.1) is 0 Å². The Hall–Kier alpha value is -0.451. The molecule has 34 heavy (non-hydrogen) atoms. The van der Waals surface area contributed by atoms with E-state index in [1.165, 1.54) is 5.56 Å². The second kappa shape index (κ2) is 20.7. The van der Waals surface area contributed by atoms with Crippen molar-refractivity contribution in [1.29, 1.82) is 0 Å². The third kappa shape index (κ3) is 13.0. The van der Waals surface area contributed by atoms with Gasteiger partial charge in [-0.25, -0.2) is 12.1 Å². The zero-order chi connectivity index (χ0) is 22.5. The molecule has 2 aromatic carbocycles. The van der Waals surface area contributed by atoms with Gasteiger partial charge >= 0.3 is 72.4 Å². The van der Waals surface area contributed by atoms with Crippen LogP contribution in [0, 0.1) is 7.11 Å². The topological polar surface area (TPSA) is 131 Å². The van der Waals surface area contributed by atoms with Gasteiger partial charge < -0.3 is 37.2 Å². The average Bonchev–Trinajstić information content (AvgIpc) is 3.67. The first-order chi connectivity index (χ1) is 15.2. The van der Waals surface area contributed by atoms with Crippen LogP contribution in [0.2, 0.25) is 0 Å². The van der Waals surface area contributed by atoms with Crippen LogP contribution >= 0.6 is 0 Å². The van der Waals surface area contributed by atoms with Gasteiger partial charge in [-0.2, -0.15) is 11.9 Å². The number of nitrogen functional groups attached to an aromatic ring is 1. The minimum Gasteiger partial charge on any atom is -0.666 e. The van der Waals surface area contributed by atoms with Crippen molar-refractivity contribution in [1.82, 2.24) is 4.98 Å². The van der Waals surface area contributed by atoms with E-state index in [-0.39, 0.29) is 105 Å². The van der Waals surface area contributed by atoms with Crippen LogP contribution in [0.5, 0.6) is 0 Å². The van der Waals surface area contributed by atoms with Crippen molar-refractivity contribution in [2.45, 2.75) is 0 Å². The Morgan fingerprint density at radius 2 is 1.68 bits per heavy atom. The molecule has 169 valence electrons. The molecule has 0 fully saturated rings. The summed E-state index contributed by atoms with van der Waals surface area (Å²) in [4.78, 5) is 16.3. The number of hydrogen-bond acceptors (Lipinski definition) is 6. The molecule has 0 amide bonds. The minimum atomic E-state index is 0. The normalized spacial score (nSPS) is 9.88. The van der Waals surface area contributed by atoms with Crippen LogP contribution in [-0.2, 0) is 63.4 Å². The van der Waals surface area contributed by atoms with E-state index in [4.69, 9.17) is 16.3 Å². The van der Waals surface area contributed by atoms with Gasteiger partial charge in [0.1, 0.15) is 5.82 Å². The van der Waals surface area contributed by atoms with Gasteiger partial charge in [0.25, 0.3) is 0 Å². The molecule has 5 N–H and O–H groups in total. The fourth-order valence-electron chi connectivity index (χ4n) is 2.56. The van der Waals surface area contributed by atoms with Crippen LogP contribution in [0.1, 0.15) is 5.56 Å². The van der Waals surface area contributed by atoms with Crippen molar-refractivity contribution in [3.05, 3.63) is 96.5 Å². The number of carbonyl (C=O) groups excluding carboxylic acids is 1. The molecule has 8 nitrogen and oxygen atoms in total. The molecule has 3 aromatic rings. The molecule has 0 unspecified atom stereocenters. The minimum absolute atomic E-state index is 0. The van der Waals surface area contributed by atoms with Gasteiger partial charge in [0.15, 0.2) is 0 Å². The van der Waals surface area contributed by atoms with Crippen molar-refractivity contribution < 1.29 is 115 Å². The van der Waals surface area contributed by atoms with Gasteiger partial charge in [0.2, 0.25) is 0 Å². The Bertz CT molecular complexity index is 995. The molecule has 0 spiro atoms. The Balaban J connectivity index is 0. The maximum Gasteiger partial charge on any atom is 2.00 e. The van der Waals surface area contributed by atoms with Gasteiger partial charge in [-0.3, -0.25) is 6.79 Å². The summed E-state index contributed by atoms with van der Waals surface area (Å²) >= 11 is 0. The Morgan fingerprint density at radius 1 is 1.06 bits per heavy atom. The first-order valence-electron chi connectivity index (χ1n) is 9.33. The number of pyridine rings is 1. The summed E-state index contributed by atoms with van der Waals surface area (Å²) < 4.78 is 0. The van der Waals surface area contributed by atoms with E-state index in [0.717, 1.165) is 29.2 Å². The van der Waals surface area contributed by atoms with Gasteiger partial charge in [-0.1, -0.05) is 30.3 Å². The molecule has 11 heteroatoms. The van der Waals surface area contributed by atoms with Gasteiger partial charge in [-0.15, -0.1) is 5.69 Å². The smallest absolute Gasteiger partial charge is 0.666 e. The number of anilines is 2. The van der Waals surface area contributed by atoms with Crippen LogP contribution in [0.25, 0.3) is 27.6 Å². The number of nitrogens with zero attached hydrogens (tertiary/aromatic N) is 3. The summed E-state index contributed by atoms with van der Waals surface area (Å²) in [6, 6.07) is 19.4. The number of rotatable bonds is 7. The summed E-state index contributed by atoms with van der Waals surface area (Å²) in [5.74, 6) is 0.851. The molecule has 1 aliphatic heterocycles. The summed E-state index contributed by atoms with van der Waals surface area (Å²) in [5.41, 5.74) is 20.4. The third-order valence-electron chi connectivity index (χ3n) is 4.02.